The number of nitriles is 1. The monoisotopic (exact) mass is 322 g/mol. The van der Waals surface area contributed by atoms with E-state index in [-0.39, 0.29) is 12.4 Å². The summed E-state index contributed by atoms with van der Waals surface area (Å²) in [6.45, 7) is 0.475. The van der Waals surface area contributed by atoms with Crippen molar-refractivity contribution in [2.75, 3.05) is 19.4 Å². The summed E-state index contributed by atoms with van der Waals surface area (Å²) < 4.78 is 4.87. The topological polar surface area (TPSA) is 76.1 Å². The van der Waals surface area contributed by atoms with Gasteiger partial charge in [-0.25, -0.2) is 4.79 Å². The number of esters is 1. The summed E-state index contributed by atoms with van der Waals surface area (Å²) in [5.74, 6) is 0.203. The Bertz CT molecular complexity index is 698. The maximum atomic E-state index is 12.1. The maximum Gasteiger partial charge on any atom is 0.339 e. The van der Waals surface area contributed by atoms with Gasteiger partial charge in [-0.15, -0.1) is 24.2 Å². The van der Waals surface area contributed by atoms with Crippen LogP contribution in [0.2, 0.25) is 0 Å². The predicted octanol–water partition coefficient (Wildman–Crippen LogP) is 2.97. The van der Waals surface area contributed by atoms with E-state index < -0.39 is 5.97 Å². The van der Waals surface area contributed by atoms with E-state index in [1.54, 1.807) is 6.07 Å². The van der Waals surface area contributed by atoms with Gasteiger partial charge in [-0.1, -0.05) is 24.3 Å². The van der Waals surface area contributed by atoms with Crippen molar-refractivity contribution in [2.45, 2.75) is 4.90 Å². The molecule has 0 radical (unpaired) electrons. The van der Waals surface area contributed by atoms with Crippen LogP contribution in [0.4, 0.5) is 0 Å². The lowest BCUT2D eigenvalue weighted by Crippen LogP contribution is -2.08. The van der Waals surface area contributed by atoms with Crippen molar-refractivity contribution in [3.63, 3.8) is 0 Å². The molecular weight excluding hydrogens is 308 g/mol. The van der Waals surface area contributed by atoms with E-state index >= 15 is 0 Å². The third-order valence-corrected chi connectivity index (χ3v) is 4.03. The number of thioether (sulfide) groups is 1. The Morgan fingerprint density at radius 1 is 1.43 bits per heavy atom. The van der Waals surface area contributed by atoms with Gasteiger partial charge in [0.15, 0.2) is 0 Å². The lowest BCUT2D eigenvalue weighted by atomic mass is 10.0. The number of methoxy groups -OCH3 is 1. The van der Waals surface area contributed by atoms with Crippen LogP contribution in [0.25, 0.3) is 10.8 Å². The molecule has 6 heteroatoms. The zero-order chi connectivity index (χ0) is 14.5. The predicted molar refractivity (Wildman–Crippen MR) is 87.0 cm³/mol. The van der Waals surface area contributed by atoms with Gasteiger partial charge in [-0.05, 0) is 16.8 Å². The van der Waals surface area contributed by atoms with Gasteiger partial charge in [0.25, 0.3) is 0 Å². The van der Waals surface area contributed by atoms with Gasteiger partial charge in [0.1, 0.15) is 6.07 Å². The molecule has 0 aliphatic heterocycles. The third-order valence-electron chi connectivity index (χ3n) is 2.88. The van der Waals surface area contributed by atoms with E-state index in [9.17, 15) is 10.1 Å². The van der Waals surface area contributed by atoms with Crippen molar-refractivity contribution in [3.05, 3.63) is 41.5 Å². The first-order valence-corrected chi connectivity index (χ1v) is 7.08. The molecule has 21 heavy (non-hydrogen) atoms. The summed E-state index contributed by atoms with van der Waals surface area (Å²) in [7, 11) is 1.34. The highest BCUT2D eigenvalue weighted by atomic mass is 35.5. The van der Waals surface area contributed by atoms with Crippen LogP contribution in [-0.4, -0.2) is 25.4 Å². The molecule has 0 saturated heterocycles. The van der Waals surface area contributed by atoms with Crippen LogP contribution < -0.4 is 5.73 Å². The van der Waals surface area contributed by atoms with Crippen molar-refractivity contribution in [1.29, 1.82) is 5.26 Å². The molecule has 0 atom stereocenters. The van der Waals surface area contributed by atoms with E-state index in [2.05, 4.69) is 6.07 Å². The van der Waals surface area contributed by atoms with Gasteiger partial charge in [0.05, 0.1) is 18.2 Å². The first kappa shape index (κ1) is 17.3. The Morgan fingerprint density at radius 3 is 2.76 bits per heavy atom. The Morgan fingerprint density at radius 2 is 2.14 bits per heavy atom. The second-order valence-electron chi connectivity index (χ2n) is 4.09. The molecule has 0 amide bonds. The average molecular weight is 323 g/mol. The van der Waals surface area contributed by atoms with E-state index in [1.165, 1.54) is 18.9 Å². The normalized spacial score (nSPS) is 9.76. The number of nitrogens with zero attached hydrogens (tertiary/aromatic N) is 1. The Balaban J connectivity index is 0.00000220. The quantitative estimate of drug-likeness (QED) is 0.691. The minimum atomic E-state index is -0.433. The highest BCUT2D eigenvalue weighted by molar-refractivity contribution is 7.99. The molecule has 4 nitrogen and oxygen atoms in total. The number of nitrogens with two attached hydrogens (primary N) is 1. The molecule has 2 N–H and O–H groups in total. The smallest absolute Gasteiger partial charge is 0.339 e. The van der Waals surface area contributed by atoms with Crippen LogP contribution >= 0.6 is 24.2 Å². The summed E-state index contributed by atoms with van der Waals surface area (Å²) in [4.78, 5) is 12.7. The van der Waals surface area contributed by atoms with Gasteiger partial charge in [-0.3, -0.25) is 0 Å². The molecule has 2 rings (SSSR count). The average Bonchev–Trinajstić information content (AvgIpc) is 2.50. The second kappa shape index (κ2) is 7.89. The number of benzene rings is 2. The van der Waals surface area contributed by atoms with Crippen molar-refractivity contribution < 1.29 is 9.53 Å². The van der Waals surface area contributed by atoms with Gasteiger partial charge in [0.2, 0.25) is 0 Å². The van der Waals surface area contributed by atoms with Crippen LogP contribution in [0.15, 0.2) is 35.2 Å². The van der Waals surface area contributed by atoms with Crippen molar-refractivity contribution >= 4 is 40.9 Å². The molecule has 0 aliphatic carbocycles. The van der Waals surface area contributed by atoms with Gasteiger partial charge in [-0.2, -0.15) is 5.26 Å². The fraction of sp³-hybridized carbons (Fsp3) is 0.200. The van der Waals surface area contributed by atoms with Crippen molar-refractivity contribution in [1.82, 2.24) is 0 Å². The molecule has 0 unspecified atom stereocenters. The third kappa shape index (κ3) is 3.48. The summed E-state index contributed by atoms with van der Waals surface area (Å²) in [5.41, 5.74) is 6.44. The first-order valence-electron chi connectivity index (χ1n) is 6.10. The molecule has 0 fully saturated rings. The summed E-state index contributed by atoms with van der Waals surface area (Å²) in [5, 5.41) is 10.9. The second-order valence-corrected chi connectivity index (χ2v) is 5.20. The van der Waals surface area contributed by atoms with E-state index in [0.29, 0.717) is 28.3 Å². The molecule has 2 aromatic carbocycles. The maximum absolute atomic E-state index is 12.1. The Labute approximate surface area is 133 Å². The Kier molecular flexibility index (Phi) is 6.50. The van der Waals surface area contributed by atoms with Gasteiger partial charge >= 0.3 is 5.97 Å². The molecule has 0 spiro atoms. The summed E-state index contributed by atoms with van der Waals surface area (Å²) in [6.07, 6.45) is 0. The number of hydrogen-bond donors (Lipinski definition) is 1. The first-order chi connectivity index (χ1) is 9.72. The fourth-order valence-electron chi connectivity index (χ4n) is 2.03. The molecule has 110 valence electrons. The van der Waals surface area contributed by atoms with Crippen LogP contribution in [0.3, 0.4) is 0 Å². The fourth-order valence-corrected chi connectivity index (χ4v) is 2.95. The van der Waals surface area contributed by atoms with Gasteiger partial charge < -0.3 is 10.5 Å². The molecule has 0 heterocycles. The lowest BCUT2D eigenvalue weighted by molar-refractivity contribution is 0.0599. The summed E-state index contributed by atoms with van der Waals surface area (Å²) >= 11 is 1.41. The van der Waals surface area contributed by atoms with Crippen molar-refractivity contribution in [3.8, 4) is 6.07 Å². The molecule has 0 saturated carbocycles. The van der Waals surface area contributed by atoms with Gasteiger partial charge in [0, 0.05) is 17.2 Å². The van der Waals surface area contributed by atoms with Crippen LogP contribution in [0, 0.1) is 11.3 Å². The lowest BCUT2D eigenvalue weighted by Gasteiger charge is -2.12. The Hall–Kier alpha value is -1.74. The summed E-state index contributed by atoms with van der Waals surface area (Å²) in [6, 6.07) is 11.4. The number of halogens is 1. The highest BCUT2D eigenvalue weighted by Crippen LogP contribution is 2.33. The molecule has 0 aromatic heterocycles. The van der Waals surface area contributed by atoms with E-state index in [1.807, 2.05) is 24.3 Å². The molecule has 0 aliphatic rings. The molecular formula is C15H15ClN2O2S. The zero-order valence-electron chi connectivity index (χ0n) is 11.5. The van der Waals surface area contributed by atoms with E-state index in [4.69, 9.17) is 10.5 Å². The standard InChI is InChI=1S/C15H14N2O2S.ClH/c1-19-15(18)13-12-5-3-2-4-10(12)8-11(9-17)14(13)20-7-6-16;/h2-5,8H,6-7,16H2,1H3;1H. The van der Waals surface area contributed by atoms with Crippen LogP contribution in [0.5, 0.6) is 0 Å². The van der Waals surface area contributed by atoms with Crippen LogP contribution in [-0.2, 0) is 4.74 Å². The zero-order valence-corrected chi connectivity index (χ0v) is 13.1. The number of ether oxygens (including phenoxy) is 1. The number of rotatable bonds is 4. The SMILES string of the molecule is COC(=O)c1c(SCCN)c(C#N)cc2ccccc12.Cl. The highest BCUT2D eigenvalue weighted by Gasteiger charge is 2.20. The van der Waals surface area contributed by atoms with E-state index in [0.717, 1.165) is 10.8 Å². The molecule has 0 bridgehead atoms. The number of hydrogen-bond acceptors (Lipinski definition) is 5. The number of carbonyl (C=O) groups is 1. The number of carbonyl (C=O) groups excluding carboxylic acids is 1. The minimum Gasteiger partial charge on any atom is -0.465 e. The minimum absolute atomic E-state index is 0. The number of fused-ring (bicyclic) bond motifs is 1. The largest absolute Gasteiger partial charge is 0.465 e. The van der Waals surface area contributed by atoms with Crippen molar-refractivity contribution in [2.24, 2.45) is 5.73 Å². The van der Waals surface area contributed by atoms with Crippen LogP contribution in [0.1, 0.15) is 15.9 Å². The molecule has 2 aromatic rings.